The lowest BCUT2D eigenvalue weighted by molar-refractivity contribution is 0.0186. The monoisotopic (exact) mass is 410 g/mol. The molecule has 2 atom stereocenters. The van der Waals surface area contributed by atoms with Crippen molar-refractivity contribution < 1.29 is 0 Å². The van der Waals surface area contributed by atoms with E-state index >= 15 is 0 Å². The van der Waals surface area contributed by atoms with Gasteiger partial charge >= 0.3 is 0 Å². The molecule has 2 nitrogen and oxygen atoms in total. The van der Waals surface area contributed by atoms with Crippen LogP contribution in [0.1, 0.15) is 42.4 Å². The minimum absolute atomic E-state index is 0.382. The van der Waals surface area contributed by atoms with Crippen molar-refractivity contribution in [2.24, 2.45) is 5.92 Å². The number of piperidine rings is 3. The largest absolute Gasteiger partial charge is 0.370 e. The second-order valence-corrected chi connectivity index (χ2v) is 9.28. The molecule has 3 aromatic rings. The topological polar surface area (TPSA) is 6.48 Å². The van der Waals surface area contributed by atoms with Gasteiger partial charge in [0.05, 0.1) is 0 Å². The fraction of sp³-hybridized carbons (Fsp3) is 0.379. The van der Waals surface area contributed by atoms with Crippen molar-refractivity contribution in [1.29, 1.82) is 0 Å². The Labute approximate surface area is 187 Å². The first-order valence-corrected chi connectivity index (χ1v) is 11.9. The highest BCUT2D eigenvalue weighted by Gasteiger charge is 2.48. The minimum atomic E-state index is 0.382. The third-order valence-corrected chi connectivity index (χ3v) is 7.69. The van der Waals surface area contributed by atoms with E-state index in [2.05, 4.69) is 109 Å². The van der Waals surface area contributed by atoms with Crippen LogP contribution in [0.25, 0.3) is 0 Å². The van der Waals surface area contributed by atoms with Crippen molar-refractivity contribution in [2.75, 3.05) is 25.0 Å². The van der Waals surface area contributed by atoms with Crippen LogP contribution < -0.4 is 4.90 Å². The summed E-state index contributed by atoms with van der Waals surface area (Å²) in [5.41, 5.74) is 5.63. The predicted octanol–water partition coefficient (Wildman–Crippen LogP) is 5.98. The number of hydrogen-bond acceptors (Lipinski definition) is 2. The second kappa shape index (κ2) is 8.88. The van der Waals surface area contributed by atoms with Gasteiger partial charge < -0.3 is 4.90 Å². The molecular formula is C29H34N2. The number of rotatable bonds is 6. The molecule has 3 saturated heterocycles. The summed E-state index contributed by atoms with van der Waals surface area (Å²) < 4.78 is 0. The summed E-state index contributed by atoms with van der Waals surface area (Å²) in [5, 5.41) is 0. The second-order valence-electron chi connectivity index (χ2n) is 9.28. The molecule has 0 radical (unpaired) electrons. The molecule has 31 heavy (non-hydrogen) atoms. The van der Waals surface area contributed by atoms with Gasteiger partial charge in [-0.1, -0.05) is 79.7 Å². The summed E-state index contributed by atoms with van der Waals surface area (Å²) in [6.07, 6.45) is 3.72. The highest BCUT2D eigenvalue weighted by Crippen LogP contribution is 2.44. The molecule has 3 aromatic carbocycles. The first kappa shape index (κ1) is 20.3. The van der Waals surface area contributed by atoms with Gasteiger partial charge in [0.2, 0.25) is 0 Å². The number of anilines is 1. The Hall–Kier alpha value is -2.58. The number of nitrogens with zero attached hydrogens (tertiary/aromatic N) is 2. The number of fused-ring (bicyclic) bond motifs is 3. The molecule has 0 aliphatic carbocycles. The lowest BCUT2D eigenvalue weighted by Gasteiger charge is -2.56. The molecule has 2 heteroatoms. The van der Waals surface area contributed by atoms with Gasteiger partial charge in [-0.15, -0.1) is 0 Å². The minimum Gasteiger partial charge on any atom is -0.370 e. The van der Waals surface area contributed by atoms with Crippen molar-refractivity contribution in [1.82, 2.24) is 4.90 Å². The Kier molecular flexibility index (Phi) is 5.82. The molecule has 160 valence electrons. The van der Waals surface area contributed by atoms with Gasteiger partial charge in [-0.3, -0.25) is 4.90 Å². The predicted molar refractivity (Wildman–Crippen MR) is 131 cm³/mol. The Bertz CT molecular complexity index is 919. The molecule has 0 N–H and O–H groups in total. The van der Waals surface area contributed by atoms with Crippen LogP contribution in [0, 0.1) is 5.92 Å². The van der Waals surface area contributed by atoms with Gasteiger partial charge in [0.1, 0.15) is 0 Å². The molecular weight excluding hydrogens is 376 g/mol. The first-order valence-electron chi connectivity index (χ1n) is 11.9. The average Bonchev–Trinajstić information content (AvgIpc) is 2.86. The standard InChI is InChI=1S/C29H34N2/c1-3-22-14-16-26(17-15-22)30(2)28-25-18-20-31(21-19-25)29(28)27(23-10-6-4-7-11-23)24-12-8-5-9-13-24/h4-17,25,27-29H,3,18-21H2,1-2H3/t28-,29-/m1/s1. The quantitative estimate of drug-likeness (QED) is 0.493. The van der Waals surface area contributed by atoms with Crippen molar-refractivity contribution in [3.63, 3.8) is 0 Å². The van der Waals surface area contributed by atoms with Crippen LogP contribution in [-0.2, 0) is 6.42 Å². The van der Waals surface area contributed by atoms with Gasteiger partial charge in [0.25, 0.3) is 0 Å². The Balaban J connectivity index is 1.57. The zero-order chi connectivity index (χ0) is 21.2. The maximum Gasteiger partial charge on any atom is 0.0480 e. The summed E-state index contributed by atoms with van der Waals surface area (Å²) >= 11 is 0. The van der Waals surface area contributed by atoms with E-state index < -0.39 is 0 Å². The Morgan fingerprint density at radius 2 is 1.35 bits per heavy atom. The van der Waals surface area contributed by atoms with Gasteiger partial charge in [0, 0.05) is 30.7 Å². The van der Waals surface area contributed by atoms with Crippen molar-refractivity contribution in [2.45, 2.75) is 44.2 Å². The molecule has 3 heterocycles. The maximum atomic E-state index is 2.78. The van der Waals surface area contributed by atoms with E-state index in [1.807, 2.05) is 0 Å². The number of likely N-dealkylation sites (N-methyl/N-ethyl adjacent to an activating group) is 1. The normalized spacial score (nSPS) is 25.0. The van der Waals surface area contributed by atoms with Crippen LogP contribution in [0.2, 0.25) is 0 Å². The van der Waals surface area contributed by atoms with Crippen LogP contribution in [0.5, 0.6) is 0 Å². The average molecular weight is 411 g/mol. The van der Waals surface area contributed by atoms with E-state index in [1.54, 1.807) is 0 Å². The fourth-order valence-corrected chi connectivity index (χ4v) is 6.05. The summed E-state index contributed by atoms with van der Waals surface area (Å²) in [6.45, 7) is 4.68. The molecule has 3 aliphatic rings. The molecule has 0 aromatic heterocycles. The number of aryl methyl sites for hydroxylation is 1. The fourth-order valence-electron chi connectivity index (χ4n) is 6.05. The first-order chi connectivity index (χ1) is 15.3. The highest BCUT2D eigenvalue weighted by molar-refractivity contribution is 5.50. The van der Waals surface area contributed by atoms with Crippen LogP contribution in [0.4, 0.5) is 5.69 Å². The van der Waals surface area contributed by atoms with Gasteiger partial charge in [-0.05, 0) is 67.1 Å². The smallest absolute Gasteiger partial charge is 0.0480 e. The van der Waals surface area contributed by atoms with Crippen molar-refractivity contribution in [3.8, 4) is 0 Å². The van der Waals surface area contributed by atoms with Gasteiger partial charge in [-0.25, -0.2) is 0 Å². The molecule has 6 rings (SSSR count). The number of benzene rings is 3. The zero-order valence-electron chi connectivity index (χ0n) is 18.8. The van der Waals surface area contributed by atoms with Crippen molar-refractivity contribution in [3.05, 3.63) is 102 Å². The van der Waals surface area contributed by atoms with E-state index in [0.717, 1.165) is 12.3 Å². The molecule has 3 aliphatic heterocycles. The van der Waals surface area contributed by atoms with Gasteiger partial charge in [0.15, 0.2) is 0 Å². The highest BCUT2D eigenvalue weighted by atomic mass is 15.3. The molecule has 0 spiro atoms. The van der Waals surface area contributed by atoms with E-state index in [9.17, 15) is 0 Å². The maximum absolute atomic E-state index is 2.78. The molecule has 0 unspecified atom stereocenters. The van der Waals surface area contributed by atoms with Crippen LogP contribution >= 0.6 is 0 Å². The third-order valence-electron chi connectivity index (χ3n) is 7.69. The summed E-state index contributed by atoms with van der Waals surface area (Å²) in [6, 6.07) is 32.6. The van der Waals surface area contributed by atoms with Crippen LogP contribution in [-0.4, -0.2) is 37.1 Å². The van der Waals surface area contributed by atoms with Gasteiger partial charge in [-0.2, -0.15) is 0 Å². The zero-order valence-corrected chi connectivity index (χ0v) is 18.8. The summed E-state index contributed by atoms with van der Waals surface area (Å²) in [4.78, 5) is 5.38. The van der Waals surface area contributed by atoms with Crippen molar-refractivity contribution >= 4 is 5.69 Å². The van der Waals surface area contributed by atoms with E-state index in [1.165, 1.54) is 48.3 Å². The lowest BCUT2D eigenvalue weighted by atomic mass is 9.70. The Morgan fingerprint density at radius 3 is 1.87 bits per heavy atom. The molecule has 2 bridgehead atoms. The van der Waals surface area contributed by atoms with E-state index in [-0.39, 0.29) is 0 Å². The van der Waals surface area contributed by atoms with Crippen LogP contribution in [0.15, 0.2) is 84.9 Å². The SMILES string of the molecule is CCc1ccc(N(C)[C@@H]2C3CCN(CC3)[C@@H]2C(c2ccccc2)c2ccccc2)cc1. The lowest BCUT2D eigenvalue weighted by Crippen LogP contribution is -2.65. The number of hydrogen-bond donors (Lipinski definition) is 0. The van der Waals surface area contributed by atoms with E-state index in [0.29, 0.717) is 18.0 Å². The molecule has 0 saturated carbocycles. The molecule has 3 fully saturated rings. The summed E-state index contributed by atoms with van der Waals surface area (Å²) in [5.74, 6) is 1.13. The molecule has 0 amide bonds. The summed E-state index contributed by atoms with van der Waals surface area (Å²) in [7, 11) is 2.33. The Morgan fingerprint density at radius 1 is 0.806 bits per heavy atom. The third kappa shape index (κ3) is 3.90. The van der Waals surface area contributed by atoms with Crippen LogP contribution in [0.3, 0.4) is 0 Å². The van der Waals surface area contributed by atoms with E-state index in [4.69, 9.17) is 0 Å².